The molecule has 0 bridgehead atoms. The maximum absolute atomic E-state index is 12.1. The van der Waals surface area contributed by atoms with Crippen molar-refractivity contribution in [1.82, 2.24) is 9.97 Å². The second-order valence-corrected chi connectivity index (χ2v) is 8.01. The molecule has 134 valence electrons. The van der Waals surface area contributed by atoms with E-state index >= 15 is 0 Å². The lowest BCUT2D eigenvalue weighted by atomic mass is 9.73. The van der Waals surface area contributed by atoms with E-state index in [0.29, 0.717) is 32.4 Å². The van der Waals surface area contributed by atoms with Gasteiger partial charge in [-0.25, -0.2) is 9.97 Å². The average molecular weight is 361 g/mol. The fourth-order valence-corrected chi connectivity index (χ4v) is 4.92. The van der Waals surface area contributed by atoms with E-state index in [1.807, 2.05) is 11.4 Å². The SMILES string of the molecule is O=C(O)C1(CC2CCCCO2)CCN(c2ncnc3ccsc23)CC1. The minimum Gasteiger partial charge on any atom is -0.481 e. The van der Waals surface area contributed by atoms with Gasteiger partial charge in [-0.05, 0) is 50.0 Å². The van der Waals surface area contributed by atoms with Gasteiger partial charge in [0, 0.05) is 19.7 Å². The number of aliphatic carboxylic acids is 1. The van der Waals surface area contributed by atoms with Crippen LogP contribution in [0.15, 0.2) is 17.8 Å². The van der Waals surface area contributed by atoms with Crippen molar-refractivity contribution >= 4 is 33.3 Å². The highest BCUT2D eigenvalue weighted by Crippen LogP contribution is 2.41. The third kappa shape index (κ3) is 3.22. The number of piperidine rings is 1. The molecule has 2 aliphatic heterocycles. The van der Waals surface area contributed by atoms with Gasteiger partial charge in [0.25, 0.3) is 0 Å². The van der Waals surface area contributed by atoms with Gasteiger partial charge >= 0.3 is 5.97 Å². The van der Waals surface area contributed by atoms with E-state index in [-0.39, 0.29) is 6.10 Å². The van der Waals surface area contributed by atoms with E-state index in [1.165, 1.54) is 0 Å². The number of carboxylic acids is 1. The monoisotopic (exact) mass is 361 g/mol. The van der Waals surface area contributed by atoms with Crippen molar-refractivity contribution in [1.29, 1.82) is 0 Å². The molecule has 0 saturated carbocycles. The van der Waals surface area contributed by atoms with Crippen LogP contribution < -0.4 is 4.90 Å². The zero-order valence-corrected chi connectivity index (χ0v) is 15.0. The van der Waals surface area contributed by atoms with Crippen LogP contribution in [-0.2, 0) is 9.53 Å². The first-order valence-corrected chi connectivity index (χ1v) is 9.84. The molecular weight excluding hydrogens is 338 g/mol. The normalized spacial score (nSPS) is 23.7. The second-order valence-electron chi connectivity index (χ2n) is 7.10. The van der Waals surface area contributed by atoms with E-state index in [2.05, 4.69) is 14.9 Å². The van der Waals surface area contributed by atoms with Crippen molar-refractivity contribution in [3.8, 4) is 0 Å². The van der Waals surface area contributed by atoms with E-state index in [9.17, 15) is 9.90 Å². The largest absolute Gasteiger partial charge is 0.481 e. The fraction of sp³-hybridized carbons (Fsp3) is 0.611. The van der Waals surface area contributed by atoms with Crippen LogP contribution in [0.4, 0.5) is 5.82 Å². The van der Waals surface area contributed by atoms with Crippen LogP contribution in [0.25, 0.3) is 10.2 Å². The Hall–Kier alpha value is -1.73. The molecule has 0 aliphatic carbocycles. The topological polar surface area (TPSA) is 75.6 Å². The van der Waals surface area contributed by atoms with Gasteiger partial charge in [0.15, 0.2) is 0 Å². The summed E-state index contributed by atoms with van der Waals surface area (Å²) < 4.78 is 6.90. The van der Waals surface area contributed by atoms with Gasteiger partial charge in [-0.3, -0.25) is 4.79 Å². The number of aromatic nitrogens is 2. The van der Waals surface area contributed by atoms with Gasteiger partial charge in [-0.1, -0.05) is 0 Å². The number of carbonyl (C=O) groups is 1. The summed E-state index contributed by atoms with van der Waals surface area (Å²) >= 11 is 1.64. The van der Waals surface area contributed by atoms with Crippen molar-refractivity contribution < 1.29 is 14.6 Å². The molecule has 0 amide bonds. The van der Waals surface area contributed by atoms with Crippen LogP contribution in [0.3, 0.4) is 0 Å². The highest BCUT2D eigenvalue weighted by atomic mass is 32.1. The van der Waals surface area contributed by atoms with Gasteiger partial charge in [-0.15, -0.1) is 11.3 Å². The highest BCUT2D eigenvalue weighted by molar-refractivity contribution is 7.17. The lowest BCUT2D eigenvalue weighted by molar-refractivity contribution is -0.154. The number of hydrogen-bond donors (Lipinski definition) is 1. The van der Waals surface area contributed by atoms with Crippen LogP contribution >= 0.6 is 11.3 Å². The Morgan fingerprint density at radius 1 is 1.36 bits per heavy atom. The summed E-state index contributed by atoms with van der Waals surface area (Å²) in [7, 11) is 0. The Kier molecular flexibility index (Phi) is 4.60. The fourth-order valence-electron chi connectivity index (χ4n) is 4.06. The minimum absolute atomic E-state index is 0.0967. The first kappa shape index (κ1) is 16.7. The maximum atomic E-state index is 12.1. The summed E-state index contributed by atoms with van der Waals surface area (Å²) in [5.74, 6) is 0.262. The predicted octanol–water partition coefficient (Wildman–Crippen LogP) is 3.32. The average Bonchev–Trinajstić information content (AvgIpc) is 3.12. The summed E-state index contributed by atoms with van der Waals surface area (Å²) in [5, 5.41) is 11.9. The molecule has 2 aliphatic rings. The molecule has 6 nitrogen and oxygen atoms in total. The first-order chi connectivity index (χ1) is 12.2. The van der Waals surface area contributed by atoms with Crippen molar-refractivity contribution in [3.05, 3.63) is 17.8 Å². The Morgan fingerprint density at radius 2 is 2.20 bits per heavy atom. The molecule has 0 spiro atoms. The number of anilines is 1. The molecule has 1 unspecified atom stereocenters. The maximum Gasteiger partial charge on any atom is 0.309 e. The molecule has 7 heteroatoms. The summed E-state index contributed by atoms with van der Waals surface area (Å²) in [4.78, 5) is 23.0. The van der Waals surface area contributed by atoms with E-state index < -0.39 is 11.4 Å². The molecule has 2 aromatic rings. The minimum atomic E-state index is -0.676. The molecule has 25 heavy (non-hydrogen) atoms. The summed E-state index contributed by atoms with van der Waals surface area (Å²) in [6.45, 7) is 2.19. The van der Waals surface area contributed by atoms with Crippen LogP contribution in [0.1, 0.15) is 38.5 Å². The Balaban J connectivity index is 1.50. The molecule has 2 fully saturated rings. The standard InChI is InChI=1S/C18H23N3O3S/c22-17(23)18(11-13-3-1-2-9-24-13)5-7-21(8-6-18)16-15-14(4-10-25-15)19-12-20-16/h4,10,12-13H,1-3,5-9,11H2,(H,22,23). The molecule has 4 rings (SSSR count). The third-order valence-corrected chi connectivity index (χ3v) is 6.49. The number of hydrogen-bond acceptors (Lipinski definition) is 6. The number of fused-ring (bicyclic) bond motifs is 1. The van der Waals surface area contributed by atoms with Crippen molar-refractivity contribution in [2.45, 2.75) is 44.6 Å². The van der Waals surface area contributed by atoms with Crippen molar-refractivity contribution in [3.63, 3.8) is 0 Å². The third-order valence-electron chi connectivity index (χ3n) is 5.59. The summed E-state index contributed by atoms with van der Waals surface area (Å²) in [6.07, 6.45) is 6.82. The predicted molar refractivity (Wildman–Crippen MR) is 97.1 cm³/mol. The number of carboxylic acid groups (broad SMARTS) is 1. The Labute approximate surface area is 150 Å². The molecule has 1 atom stereocenters. The van der Waals surface area contributed by atoms with E-state index in [1.54, 1.807) is 17.7 Å². The molecule has 2 aromatic heterocycles. The molecular formula is C18H23N3O3S. The zero-order valence-electron chi connectivity index (χ0n) is 14.2. The van der Waals surface area contributed by atoms with Gasteiger partial charge in [0.2, 0.25) is 0 Å². The van der Waals surface area contributed by atoms with Crippen LogP contribution in [0.2, 0.25) is 0 Å². The van der Waals surface area contributed by atoms with Crippen molar-refractivity contribution in [2.75, 3.05) is 24.6 Å². The Morgan fingerprint density at radius 3 is 2.92 bits per heavy atom. The van der Waals surface area contributed by atoms with E-state index in [4.69, 9.17) is 4.74 Å². The van der Waals surface area contributed by atoms with Gasteiger partial charge in [-0.2, -0.15) is 0 Å². The van der Waals surface area contributed by atoms with Gasteiger partial charge < -0.3 is 14.7 Å². The van der Waals surface area contributed by atoms with Gasteiger partial charge in [0.05, 0.1) is 21.7 Å². The van der Waals surface area contributed by atoms with E-state index in [0.717, 1.165) is 41.9 Å². The quantitative estimate of drug-likeness (QED) is 0.900. The molecule has 0 aromatic carbocycles. The summed E-state index contributed by atoms with van der Waals surface area (Å²) in [5.41, 5.74) is 0.292. The number of nitrogens with zero attached hydrogens (tertiary/aromatic N) is 3. The van der Waals surface area contributed by atoms with Crippen LogP contribution in [0.5, 0.6) is 0 Å². The molecule has 1 N–H and O–H groups in total. The zero-order chi connectivity index (χ0) is 17.3. The number of rotatable bonds is 4. The molecule has 4 heterocycles. The Bertz CT molecular complexity index is 749. The van der Waals surface area contributed by atoms with Crippen LogP contribution in [-0.4, -0.2) is 46.8 Å². The lowest BCUT2D eigenvalue weighted by Crippen LogP contribution is -2.47. The first-order valence-electron chi connectivity index (χ1n) is 8.96. The van der Waals surface area contributed by atoms with Gasteiger partial charge in [0.1, 0.15) is 12.1 Å². The van der Waals surface area contributed by atoms with Crippen LogP contribution in [0, 0.1) is 5.41 Å². The number of thiophene rings is 1. The molecule has 2 saturated heterocycles. The smallest absolute Gasteiger partial charge is 0.309 e. The number of ether oxygens (including phenoxy) is 1. The highest BCUT2D eigenvalue weighted by Gasteiger charge is 2.44. The molecule has 0 radical (unpaired) electrons. The lowest BCUT2D eigenvalue weighted by Gasteiger charge is -2.41. The van der Waals surface area contributed by atoms with Crippen molar-refractivity contribution in [2.24, 2.45) is 5.41 Å². The summed E-state index contributed by atoms with van der Waals surface area (Å²) in [6, 6.07) is 2.00. The second kappa shape index (κ2) is 6.88.